The second-order valence-electron chi connectivity index (χ2n) is 14.4. The number of fused-ring (bicyclic) bond motifs is 6. The first kappa shape index (κ1) is 35.2. The van der Waals surface area contributed by atoms with E-state index < -0.39 is 0 Å². The molecule has 0 saturated heterocycles. The number of para-hydroxylation sites is 2. The molecule has 3 heterocycles. The second kappa shape index (κ2) is 14.0. The van der Waals surface area contributed by atoms with Gasteiger partial charge >= 0.3 is 0 Å². The Hall–Kier alpha value is -9.26. The molecule has 0 saturated carbocycles. The summed E-state index contributed by atoms with van der Waals surface area (Å²) in [6.45, 7) is 15.2. The summed E-state index contributed by atoms with van der Waals surface area (Å²) >= 11 is 0. The average molecular weight is 763 g/mol. The fourth-order valence-corrected chi connectivity index (χ4v) is 8.41. The molecule has 0 atom stereocenters. The Morgan fingerprint density at radius 2 is 0.967 bits per heavy atom. The van der Waals surface area contributed by atoms with Gasteiger partial charge < -0.3 is 9.13 Å². The summed E-state index contributed by atoms with van der Waals surface area (Å²) in [5.41, 5.74) is 12.5. The van der Waals surface area contributed by atoms with Crippen LogP contribution in [0.2, 0.25) is 0 Å². The highest BCUT2D eigenvalue weighted by atomic mass is 15.0. The quantitative estimate of drug-likeness (QED) is 0.163. The first-order valence-corrected chi connectivity index (χ1v) is 18.9. The molecule has 0 fully saturated rings. The van der Waals surface area contributed by atoms with Crippen LogP contribution in [0.3, 0.4) is 0 Å². The molecule has 60 heavy (non-hydrogen) atoms. The third-order valence-electron chi connectivity index (χ3n) is 11.0. The zero-order valence-electron chi connectivity index (χ0n) is 31.6. The van der Waals surface area contributed by atoms with E-state index in [1.54, 1.807) is 30.5 Å². The van der Waals surface area contributed by atoms with Crippen LogP contribution in [0.25, 0.3) is 98.2 Å². The summed E-state index contributed by atoms with van der Waals surface area (Å²) in [7, 11) is 0. The van der Waals surface area contributed by atoms with Gasteiger partial charge in [-0.25, -0.2) is 9.69 Å². The lowest BCUT2D eigenvalue weighted by atomic mass is 9.99. The first-order valence-electron chi connectivity index (χ1n) is 18.9. The van der Waals surface area contributed by atoms with E-state index in [0.29, 0.717) is 33.8 Å². The summed E-state index contributed by atoms with van der Waals surface area (Å²) in [5, 5.41) is 33.7. The average Bonchev–Trinajstić information content (AvgIpc) is 3.82. The van der Waals surface area contributed by atoms with Gasteiger partial charge in [-0.05, 0) is 107 Å². The Kier molecular flexibility index (Phi) is 8.23. The fourth-order valence-electron chi connectivity index (χ4n) is 8.41. The Balaban J connectivity index is 1.20. The van der Waals surface area contributed by atoms with Crippen LogP contribution in [0.4, 0.5) is 11.4 Å². The van der Waals surface area contributed by atoms with E-state index in [4.69, 9.17) is 18.1 Å². The maximum Gasteiger partial charge on any atom is 0.177 e. The minimum Gasteiger partial charge on any atom is -0.309 e. The van der Waals surface area contributed by atoms with Crippen LogP contribution in [0.15, 0.2) is 158 Å². The van der Waals surface area contributed by atoms with Gasteiger partial charge in [0.1, 0.15) is 0 Å². The van der Waals surface area contributed by atoms with Crippen molar-refractivity contribution >= 4 is 55.0 Å². The van der Waals surface area contributed by atoms with Crippen LogP contribution < -0.4 is 0 Å². The van der Waals surface area contributed by atoms with Crippen LogP contribution >= 0.6 is 0 Å². The van der Waals surface area contributed by atoms with Gasteiger partial charge in [-0.3, -0.25) is 4.98 Å². The van der Waals surface area contributed by atoms with Crippen molar-refractivity contribution in [1.82, 2.24) is 14.1 Å². The lowest BCUT2D eigenvalue weighted by molar-refractivity contribution is 1.13. The molecule has 0 radical (unpaired) electrons. The summed E-state index contributed by atoms with van der Waals surface area (Å²) in [4.78, 5) is 12.3. The predicted octanol–water partition coefficient (Wildman–Crippen LogP) is 13.0. The monoisotopic (exact) mass is 762 g/mol. The molecule has 0 N–H and O–H groups in total. The van der Waals surface area contributed by atoms with Crippen LogP contribution in [0, 0.1) is 47.1 Å². The largest absolute Gasteiger partial charge is 0.309 e. The van der Waals surface area contributed by atoms with Gasteiger partial charge in [0.15, 0.2) is 11.4 Å². The number of benzene rings is 7. The number of aromatic nitrogens is 3. The number of hydrogen-bond donors (Lipinski definition) is 0. The molecule has 0 bridgehead atoms. The molecule has 0 amide bonds. The fraction of sp³-hybridized carbons (Fsp3) is 0. The van der Waals surface area contributed by atoms with Gasteiger partial charge in [0.2, 0.25) is 0 Å². The zero-order valence-corrected chi connectivity index (χ0v) is 31.6. The summed E-state index contributed by atoms with van der Waals surface area (Å²) in [6, 6.07) is 55.7. The number of pyridine rings is 1. The molecule has 274 valence electrons. The molecular formula is C52H26N8. The normalized spacial score (nSPS) is 10.9. The molecule has 0 aliphatic heterocycles. The zero-order chi connectivity index (χ0) is 40.9. The molecule has 8 heteroatoms. The minimum atomic E-state index is 0.415. The maximum atomic E-state index is 10.3. The van der Waals surface area contributed by atoms with Gasteiger partial charge in [-0.15, -0.1) is 0 Å². The van der Waals surface area contributed by atoms with Crippen molar-refractivity contribution in [2.24, 2.45) is 0 Å². The second-order valence-corrected chi connectivity index (χ2v) is 14.4. The van der Waals surface area contributed by atoms with E-state index in [2.05, 4.69) is 85.6 Å². The van der Waals surface area contributed by atoms with Gasteiger partial charge in [0.05, 0.1) is 87.2 Å². The number of hydrogen-bond acceptors (Lipinski definition) is 4. The lowest BCUT2D eigenvalue weighted by Gasteiger charge is -2.18. The Labute approximate surface area is 344 Å². The van der Waals surface area contributed by atoms with Crippen LogP contribution in [-0.2, 0) is 0 Å². The molecule has 0 unspecified atom stereocenters. The molecule has 0 aliphatic rings. The number of nitrogens with zero attached hydrogens (tertiary/aromatic N) is 8. The Morgan fingerprint density at radius 1 is 0.433 bits per heavy atom. The number of nitriles is 3. The van der Waals surface area contributed by atoms with Crippen molar-refractivity contribution in [3.63, 3.8) is 0 Å². The van der Waals surface area contributed by atoms with Crippen molar-refractivity contribution in [2.75, 3.05) is 0 Å². The van der Waals surface area contributed by atoms with Crippen LogP contribution in [0.1, 0.15) is 16.7 Å². The molecule has 10 aromatic rings. The molecule has 3 aromatic heterocycles. The summed E-state index contributed by atoms with van der Waals surface area (Å²) in [5.74, 6) is 0. The number of rotatable bonds is 5. The van der Waals surface area contributed by atoms with E-state index in [1.165, 1.54) is 0 Å². The lowest BCUT2D eigenvalue weighted by Crippen LogP contribution is -2.03. The van der Waals surface area contributed by atoms with Crippen LogP contribution in [-0.4, -0.2) is 14.1 Å². The third kappa shape index (κ3) is 5.61. The van der Waals surface area contributed by atoms with E-state index in [9.17, 15) is 15.8 Å². The third-order valence-corrected chi connectivity index (χ3v) is 11.0. The van der Waals surface area contributed by atoms with E-state index in [1.807, 2.05) is 78.9 Å². The van der Waals surface area contributed by atoms with E-state index >= 15 is 0 Å². The first-order chi connectivity index (χ1) is 29.5. The van der Waals surface area contributed by atoms with Crippen molar-refractivity contribution in [2.45, 2.75) is 0 Å². The molecule has 0 aliphatic carbocycles. The molecule has 8 nitrogen and oxygen atoms in total. The van der Waals surface area contributed by atoms with Gasteiger partial charge in [-0.1, -0.05) is 66.7 Å². The SMILES string of the molecule is [C-]#[N+]c1cc([N+]#[C-])cc(-c2ccc3c(c2)c2ccccc2n3-c2ccc(C#N)cc2-c2ncccc2-n2c3ccccc3c3cc(-c4cc(C#N)cc(C#N)c4)ccc32)c1. The topological polar surface area (TPSA) is 103 Å². The summed E-state index contributed by atoms with van der Waals surface area (Å²) < 4.78 is 4.42. The van der Waals surface area contributed by atoms with Crippen molar-refractivity contribution in [3.05, 3.63) is 197 Å². The molecule has 10 rings (SSSR count). The molecular weight excluding hydrogens is 737 g/mol. The van der Waals surface area contributed by atoms with Crippen molar-refractivity contribution < 1.29 is 0 Å². The Morgan fingerprint density at radius 3 is 1.53 bits per heavy atom. The van der Waals surface area contributed by atoms with Gasteiger partial charge in [-0.2, -0.15) is 15.8 Å². The Bertz CT molecular complexity index is 3620. The van der Waals surface area contributed by atoms with Gasteiger partial charge in [0.25, 0.3) is 0 Å². The predicted molar refractivity (Wildman–Crippen MR) is 236 cm³/mol. The molecule has 7 aromatic carbocycles. The highest BCUT2D eigenvalue weighted by Gasteiger charge is 2.22. The smallest absolute Gasteiger partial charge is 0.177 e. The summed E-state index contributed by atoms with van der Waals surface area (Å²) in [6.07, 6.45) is 1.77. The maximum absolute atomic E-state index is 10.3. The van der Waals surface area contributed by atoms with E-state index in [-0.39, 0.29) is 0 Å². The van der Waals surface area contributed by atoms with E-state index in [0.717, 1.165) is 82.8 Å². The van der Waals surface area contributed by atoms with Crippen LogP contribution in [0.5, 0.6) is 0 Å². The van der Waals surface area contributed by atoms with Crippen molar-refractivity contribution in [1.29, 1.82) is 15.8 Å². The van der Waals surface area contributed by atoms with Crippen molar-refractivity contribution in [3.8, 4) is 63.1 Å². The highest BCUT2D eigenvalue weighted by Crippen LogP contribution is 2.42. The van der Waals surface area contributed by atoms with Gasteiger partial charge in [0, 0.05) is 33.3 Å². The molecule has 0 spiro atoms. The highest BCUT2D eigenvalue weighted by molar-refractivity contribution is 6.12. The minimum absolute atomic E-state index is 0.415. The standard InChI is InChI=1S/C52H26N8/c1-56-39-24-38(25-40(28-39)57-2)36-15-17-48-43(27-36)41-8-3-5-10-46(41)59(48)50-16-13-32(29-53)23-45(50)52-51(12-7-19-58-52)60-47-11-6-4-9-42(47)44-26-35(14-18-49(44)60)37-21-33(30-54)20-34(22-37)31-55/h3-28H.